The highest BCUT2D eigenvalue weighted by molar-refractivity contribution is 7.91. The molecule has 1 unspecified atom stereocenters. The van der Waals surface area contributed by atoms with E-state index in [2.05, 4.69) is 10.1 Å². The van der Waals surface area contributed by atoms with Gasteiger partial charge in [0.15, 0.2) is 15.7 Å². The van der Waals surface area contributed by atoms with Crippen LogP contribution >= 0.6 is 0 Å². The molecule has 0 aliphatic rings. The largest absolute Gasteiger partial charge is 0.338 e. The van der Waals surface area contributed by atoms with Crippen molar-refractivity contribution in [1.82, 2.24) is 10.1 Å². The Bertz CT molecular complexity index is 734. The summed E-state index contributed by atoms with van der Waals surface area (Å²) in [5, 5.41) is 3.00. The van der Waals surface area contributed by atoms with Crippen molar-refractivity contribution in [2.75, 3.05) is 5.75 Å². The van der Waals surface area contributed by atoms with Crippen molar-refractivity contribution in [1.29, 1.82) is 0 Å². The van der Waals surface area contributed by atoms with Crippen LogP contribution in [0.15, 0.2) is 40.9 Å². The highest BCUT2D eigenvalue weighted by Crippen LogP contribution is 2.23. The fraction of sp³-hybridized carbons (Fsp3) is 0.375. The molecule has 118 valence electrons. The van der Waals surface area contributed by atoms with Crippen molar-refractivity contribution in [3.05, 3.63) is 53.7 Å². The van der Waals surface area contributed by atoms with E-state index in [9.17, 15) is 8.42 Å². The van der Waals surface area contributed by atoms with E-state index in [-0.39, 0.29) is 17.6 Å². The van der Waals surface area contributed by atoms with Gasteiger partial charge in [-0.2, -0.15) is 4.98 Å². The normalized spacial score (nSPS) is 13.8. The van der Waals surface area contributed by atoms with E-state index in [1.165, 1.54) is 0 Å². The maximum absolute atomic E-state index is 12.3. The van der Waals surface area contributed by atoms with Gasteiger partial charge in [0.25, 0.3) is 0 Å². The van der Waals surface area contributed by atoms with Crippen molar-refractivity contribution in [3.8, 4) is 0 Å². The molecule has 1 atom stereocenters. The van der Waals surface area contributed by atoms with Gasteiger partial charge in [-0.1, -0.05) is 61.5 Å². The molecule has 0 fully saturated rings. The third-order valence-electron chi connectivity index (χ3n) is 3.30. The molecule has 0 aliphatic carbocycles. The van der Waals surface area contributed by atoms with Gasteiger partial charge in [0.1, 0.15) is 5.25 Å². The van der Waals surface area contributed by atoms with Crippen LogP contribution in [-0.2, 0) is 9.84 Å². The van der Waals surface area contributed by atoms with E-state index in [0.29, 0.717) is 5.82 Å². The average molecular weight is 320 g/mol. The number of hydrogen-bond acceptors (Lipinski definition) is 5. The second-order valence-electron chi connectivity index (χ2n) is 5.43. The Kier molecular flexibility index (Phi) is 5.13. The zero-order chi connectivity index (χ0) is 16.2. The standard InChI is InChI=1S/C16H20N2O3S/c1-12(2)15-17-16(21-18-15)13(3)22(19,20)11-7-10-14-8-5-4-6-9-14/h4-10,12-13H,11H2,1-3H3. The highest BCUT2D eigenvalue weighted by atomic mass is 32.2. The SMILES string of the molecule is CC(C)c1noc(C(C)S(=O)(=O)CC=Cc2ccccc2)n1. The molecular formula is C16H20N2O3S. The lowest BCUT2D eigenvalue weighted by atomic mass is 10.2. The molecule has 0 radical (unpaired) electrons. The van der Waals surface area contributed by atoms with Crippen molar-refractivity contribution in [3.63, 3.8) is 0 Å². The van der Waals surface area contributed by atoms with E-state index < -0.39 is 15.1 Å². The first-order chi connectivity index (χ1) is 10.4. The summed E-state index contributed by atoms with van der Waals surface area (Å²) >= 11 is 0. The molecule has 0 amide bonds. The van der Waals surface area contributed by atoms with Gasteiger partial charge in [-0.25, -0.2) is 8.42 Å². The van der Waals surface area contributed by atoms with Gasteiger partial charge in [-0.05, 0) is 12.5 Å². The molecule has 0 aliphatic heterocycles. The van der Waals surface area contributed by atoms with Crippen LogP contribution in [0.5, 0.6) is 0 Å². The fourth-order valence-corrected chi connectivity index (χ4v) is 2.88. The molecule has 6 heteroatoms. The summed E-state index contributed by atoms with van der Waals surface area (Å²) in [6, 6.07) is 9.56. The van der Waals surface area contributed by atoms with Crippen LogP contribution in [0.1, 0.15) is 49.2 Å². The summed E-state index contributed by atoms with van der Waals surface area (Å²) in [6.07, 6.45) is 3.43. The fourth-order valence-electron chi connectivity index (χ4n) is 1.83. The number of hydrogen-bond donors (Lipinski definition) is 0. The minimum atomic E-state index is -3.38. The van der Waals surface area contributed by atoms with Crippen molar-refractivity contribution in [2.24, 2.45) is 0 Å². The molecule has 0 spiro atoms. The predicted octanol–water partition coefficient (Wildman–Crippen LogP) is 3.38. The van der Waals surface area contributed by atoms with Crippen molar-refractivity contribution >= 4 is 15.9 Å². The molecular weight excluding hydrogens is 300 g/mol. The van der Waals surface area contributed by atoms with E-state index >= 15 is 0 Å². The van der Waals surface area contributed by atoms with Gasteiger partial charge >= 0.3 is 0 Å². The van der Waals surface area contributed by atoms with Crippen LogP contribution in [0.3, 0.4) is 0 Å². The molecule has 0 saturated heterocycles. The highest BCUT2D eigenvalue weighted by Gasteiger charge is 2.27. The molecule has 2 aromatic rings. The van der Waals surface area contributed by atoms with Crippen LogP contribution in [0.2, 0.25) is 0 Å². The number of rotatable bonds is 6. The van der Waals surface area contributed by atoms with Crippen LogP contribution in [-0.4, -0.2) is 24.3 Å². The summed E-state index contributed by atoms with van der Waals surface area (Å²) in [5.74, 6) is 0.710. The lowest BCUT2D eigenvalue weighted by Crippen LogP contribution is -2.13. The topological polar surface area (TPSA) is 73.1 Å². The molecule has 22 heavy (non-hydrogen) atoms. The molecule has 2 rings (SSSR count). The zero-order valence-corrected chi connectivity index (χ0v) is 13.7. The van der Waals surface area contributed by atoms with Gasteiger partial charge in [0.2, 0.25) is 5.89 Å². The second-order valence-corrected chi connectivity index (χ2v) is 7.80. The predicted molar refractivity (Wildman–Crippen MR) is 86.1 cm³/mol. The Labute approximate surface area is 131 Å². The monoisotopic (exact) mass is 320 g/mol. The lowest BCUT2D eigenvalue weighted by Gasteiger charge is -2.06. The maximum Gasteiger partial charge on any atom is 0.244 e. The second kappa shape index (κ2) is 6.87. The zero-order valence-electron chi connectivity index (χ0n) is 12.9. The number of aromatic nitrogens is 2. The molecule has 1 aromatic carbocycles. The Morgan fingerprint density at radius 3 is 2.45 bits per heavy atom. The number of nitrogens with zero attached hydrogens (tertiary/aromatic N) is 2. The first-order valence-corrected chi connectivity index (χ1v) is 8.88. The number of sulfone groups is 1. The summed E-state index contributed by atoms with van der Waals surface area (Å²) in [4.78, 5) is 4.16. The van der Waals surface area contributed by atoms with E-state index in [4.69, 9.17) is 4.52 Å². The third kappa shape index (κ3) is 4.04. The summed E-state index contributed by atoms with van der Waals surface area (Å²) in [6.45, 7) is 5.43. The van der Waals surface area contributed by atoms with Crippen LogP contribution in [0.4, 0.5) is 0 Å². The Morgan fingerprint density at radius 2 is 1.86 bits per heavy atom. The average Bonchev–Trinajstić information content (AvgIpc) is 2.97. The summed E-state index contributed by atoms with van der Waals surface area (Å²) in [5.41, 5.74) is 0.963. The molecule has 0 bridgehead atoms. The van der Waals surface area contributed by atoms with Gasteiger partial charge < -0.3 is 4.52 Å². The lowest BCUT2D eigenvalue weighted by molar-refractivity contribution is 0.369. The molecule has 5 nitrogen and oxygen atoms in total. The maximum atomic E-state index is 12.3. The van der Waals surface area contributed by atoms with Gasteiger partial charge in [0.05, 0.1) is 5.75 Å². The third-order valence-corrected chi connectivity index (χ3v) is 5.23. The Hall–Kier alpha value is -1.95. The van der Waals surface area contributed by atoms with E-state index in [0.717, 1.165) is 5.56 Å². The number of benzene rings is 1. The molecule has 0 saturated carbocycles. The van der Waals surface area contributed by atoms with Crippen LogP contribution in [0, 0.1) is 0 Å². The van der Waals surface area contributed by atoms with Crippen LogP contribution < -0.4 is 0 Å². The van der Waals surface area contributed by atoms with Crippen LogP contribution in [0.25, 0.3) is 6.08 Å². The van der Waals surface area contributed by atoms with Crippen molar-refractivity contribution in [2.45, 2.75) is 31.9 Å². The molecule has 1 heterocycles. The quantitative estimate of drug-likeness (QED) is 0.815. The first kappa shape index (κ1) is 16.4. The Balaban J connectivity index is 2.07. The minimum absolute atomic E-state index is 0.0670. The van der Waals surface area contributed by atoms with Crippen molar-refractivity contribution < 1.29 is 12.9 Å². The molecule has 0 N–H and O–H groups in total. The van der Waals surface area contributed by atoms with E-state index in [1.807, 2.05) is 44.2 Å². The Morgan fingerprint density at radius 1 is 1.18 bits per heavy atom. The van der Waals surface area contributed by atoms with E-state index in [1.54, 1.807) is 19.1 Å². The molecule has 1 aromatic heterocycles. The van der Waals surface area contributed by atoms with Gasteiger partial charge in [0, 0.05) is 5.92 Å². The van der Waals surface area contributed by atoms with Gasteiger partial charge in [-0.3, -0.25) is 0 Å². The minimum Gasteiger partial charge on any atom is -0.338 e. The van der Waals surface area contributed by atoms with Gasteiger partial charge in [-0.15, -0.1) is 0 Å². The summed E-state index contributed by atoms with van der Waals surface area (Å²) in [7, 11) is -3.38. The summed E-state index contributed by atoms with van der Waals surface area (Å²) < 4.78 is 29.7. The first-order valence-electron chi connectivity index (χ1n) is 7.17. The smallest absolute Gasteiger partial charge is 0.244 e.